The summed E-state index contributed by atoms with van der Waals surface area (Å²) in [7, 11) is 2.25. The Kier molecular flexibility index (Phi) is 4.41. The molecule has 0 aromatic carbocycles. The van der Waals surface area contributed by atoms with Crippen molar-refractivity contribution < 1.29 is 0 Å². The number of hydrogen-bond acceptors (Lipinski definition) is 4. The van der Waals surface area contributed by atoms with E-state index in [0.29, 0.717) is 18.0 Å². The maximum atomic E-state index is 5.90. The van der Waals surface area contributed by atoms with E-state index in [4.69, 9.17) is 5.73 Å². The van der Waals surface area contributed by atoms with Crippen molar-refractivity contribution in [1.29, 1.82) is 0 Å². The molecule has 0 aliphatic heterocycles. The second-order valence-electron chi connectivity index (χ2n) is 5.52. The van der Waals surface area contributed by atoms with Crippen LogP contribution in [0.4, 0.5) is 0 Å². The van der Waals surface area contributed by atoms with Crippen molar-refractivity contribution in [3.05, 3.63) is 15.6 Å². The molecule has 1 aliphatic rings. The minimum absolute atomic E-state index is 0.452. The van der Waals surface area contributed by atoms with Gasteiger partial charge in [0, 0.05) is 17.0 Å². The van der Waals surface area contributed by atoms with Crippen LogP contribution in [0.5, 0.6) is 0 Å². The Labute approximate surface area is 114 Å². The van der Waals surface area contributed by atoms with Crippen molar-refractivity contribution in [3.63, 3.8) is 0 Å². The third-order valence-electron chi connectivity index (χ3n) is 4.37. The van der Waals surface area contributed by atoms with Crippen molar-refractivity contribution >= 4 is 11.3 Å². The van der Waals surface area contributed by atoms with Gasteiger partial charge in [-0.15, -0.1) is 11.3 Å². The topological polar surface area (TPSA) is 42.2 Å². The van der Waals surface area contributed by atoms with Crippen molar-refractivity contribution in [2.24, 2.45) is 11.7 Å². The quantitative estimate of drug-likeness (QED) is 0.912. The molecule has 102 valence electrons. The molecule has 0 spiro atoms. The van der Waals surface area contributed by atoms with Crippen LogP contribution in [0, 0.1) is 19.8 Å². The second kappa shape index (κ2) is 5.68. The highest BCUT2D eigenvalue weighted by Gasteiger charge is 2.32. The molecule has 1 saturated carbocycles. The monoisotopic (exact) mass is 267 g/mol. The molecule has 1 aromatic heterocycles. The Balaban J connectivity index is 2.13. The molecule has 4 heteroatoms. The third-order valence-corrected chi connectivity index (χ3v) is 5.62. The fraction of sp³-hybridized carbons (Fsp3) is 0.786. The lowest BCUT2D eigenvalue weighted by Crippen LogP contribution is -2.39. The molecule has 1 aromatic rings. The van der Waals surface area contributed by atoms with E-state index in [1.165, 1.54) is 34.8 Å². The van der Waals surface area contributed by atoms with Gasteiger partial charge >= 0.3 is 0 Å². The molecule has 0 radical (unpaired) electrons. The van der Waals surface area contributed by atoms with E-state index < -0.39 is 0 Å². The van der Waals surface area contributed by atoms with E-state index in [9.17, 15) is 0 Å². The van der Waals surface area contributed by atoms with Gasteiger partial charge < -0.3 is 5.73 Å². The summed E-state index contributed by atoms with van der Waals surface area (Å²) in [6.45, 7) is 7.33. The standard InChI is InChI=1S/C14H25N3S/c1-9-14(18-11(3)16-9)10(2)17(4)13-7-5-6-12(13)8-15/h10,12-13H,5-8,15H2,1-4H3. The zero-order valence-electron chi connectivity index (χ0n) is 11.9. The number of aryl methyl sites for hydroxylation is 2. The van der Waals surface area contributed by atoms with Gasteiger partial charge in [-0.25, -0.2) is 4.98 Å². The fourth-order valence-electron chi connectivity index (χ4n) is 3.24. The van der Waals surface area contributed by atoms with Crippen LogP contribution in [-0.2, 0) is 0 Å². The first-order valence-corrected chi connectivity index (χ1v) is 7.72. The predicted octanol–water partition coefficient (Wildman–Crippen LogP) is 2.88. The molecule has 0 saturated heterocycles. The lowest BCUT2D eigenvalue weighted by molar-refractivity contribution is 0.153. The minimum Gasteiger partial charge on any atom is -0.330 e. The van der Waals surface area contributed by atoms with Gasteiger partial charge in [-0.1, -0.05) is 6.42 Å². The molecule has 3 nitrogen and oxygen atoms in total. The lowest BCUT2D eigenvalue weighted by atomic mass is 10.0. The summed E-state index contributed by atoms with van der Waals surface area (Å²) in [6, 6.07) is 1.10. The molecule has 1 fully saturated rings. The SMILES string of the molecule is Cc1nc(C)c(C(C)N(C)C2CCCC2CN)s1. The first kappa shape index (κ1) is 14.0. The highest BCUT2D eigenvalue weighted by Crippen LogP contribution is 2.35. The molecule has 0 bridgehead atoms. The van der Waals surface area contributed by atoms with Crippen molar-refractivity contribution in [2.45, 2.75) is 52.1 Å². The van der Waals surface area contributed by atoms with Crippen molar-refractivity contribution in [1.82, 2.24) is 9.88 Å². The zero-order valence-corrected chi connectivity index (χ0v) is 12.8. The molecule has 0 amide bonds. The summed E-state index contributed by atoms with van der Waals surface area (Å²) in [6.07, 6.45) is 3.91. The highest BCUT2D eigenvalue weighted by molar-refractivity contribution is 7.11. The summed E-state index contributed by atoms with van der Waals surface area (Å²) in [5.41, 5.74) is 7.09. The lowest BCUT2D eigenvalue weighted by Gasteiger charge is -2.33. The van der Waals surface area contributed by atoms with Gasteiger partial charge in [0.1, 0.15) is 0 Å². The number of thiazole rings is 1. The van der Waals surface area contributed by atoms with Crippen LogP contribution in [0.15, 0.2) is 0 Å². The molecule has 2 rings (SSSR count). The van der Waals surface area contributed by atoms with E-state index in [0.717, 1.165) is 6.54 Å². The average molecular weight is 267 g/mol. The number of hydrogen-bond donors (Lipinski definition) is 1. The van der Waals surface area contributed by atoms with Crippen LogP contribution in [0.2, 0.25) is 0 Å². The Bertz CT molecular complexity index is 402. The molecule has 1 aliphatic carbocycles. The second-order valence-corrected chi connectivity index (χ2v) is 6.75. The molecule has 3 atom stereocenters. The normalized spacial score (nSPS) is 25.9. The molecular weight excluding hydrogens is 242 g/mol. The number of nitrogens with zero attached hydrogens (tertiary/aromatic N) is 2. The molecule has 2 N–H and O–H groups in total. The third kappa shape index (κ3) is 2.60. The number of aromatic nitrogens is 1. The highest BCUT2D eigenvalue weighted by atomic mass is 32.1. The molecule has 18 heavy (non-hydrogen) atoms. The first-order chi connectivity index (χ1) is 8.54. The number of rotatable bonds is 4. The van der Waals surface area contributed by atoms with E-state index in [1.807, 2.05) is 11.3 Å². The Morgan fingerprint density at radius 3 is 2.72 bits per heavy atom. The summed E-state index contributed by atoms with van der Waals surface area (Å²) in [5, 5.41) is 1.17. The van der Waals surface area contributed by atoms with E-state index >= 15 is 0 Å². The minimum atomic E-state index is 0.452. The summed E-state index contributed by atoms with van der Waals surface area (Å²) >= 11 is 1.83. The van der Waals surface area contributed by atoms with Gasteiger partial charge in [0.15, 0.2) is 0 Å². The van der Waals surface area contributed by atoms with Gasteiger partial charge in [-0.3, -0.25) is 4.90 Å². The Morgan fingerprint density at radius 1 is 1.44 bits per heavy atom. The molecule has 1 heterocycles. The first-order valence-electron chi connectivity index (χ1n) is 6.90. The molecular formula is C14H25N3S. The molecule has 3 unspecified atom stereocenters. The van der Waals surface area contributed by atoms with Crippen LogP contribution in [0.1, 0.15) is 47.8 Å². The summed E-state index contributed by atoms with van der Waals surface area (Å²) < 4.78 is 0. The van der Waals surface area contributed by atoms with Crippen LogP contribution in [0.3, 0.4) is 0 Å². The predicted molar refractivity (Wildman–Crippen MR) is 77.9 cm³/mol. The zero-order chi connectivity index (χ0) is 13.3. The fourth-order valence-corrected chi connectivity index (χ4v) is 4.27. The van der Waals surface area contributed by atoms with Crippen molar-refractivity contribution in [2.75, 3.05) is 13.6 Å². The Morgan fingerprint density at radius 2 is 2.17 bits per heavy atom. The summed E-state index contributed by atoms with van der Waals surface area (Å²) in [5.74, 6) is 0.673. The largest absolute Gasteiger partial charge is 0.330 e. The maximum absolute atomic E-state index is 5.90. The smallest absolute Gasteiger partial charge is 0.0900 e. The van der Waals surface area contributed by atoms with Gasteiger partial charge in [0.05, 0.1) is 10.7 Å². The van der Waals surface area contributed by atoms with Gasteiger partial charge in [-0.2, -0.15) is 0 Å². The van der Waals surface area contributed by atoms with Gasteiger partial charge in [0.2, 0.25) is 0 Å². The van der Waals surface area contributed by atoms with Gasteiger partial charge in [-0.05, 0) is 53.1 Å². The van der Waals surface area contributed by atoms with E-state index in [2.05, 4.69) is 37.7 Å². The average Bonchev–Trinajstić information content (AvgIpc) is 2.93. The Hall–Kier alpha value is -0.450. The summed E-state index contributed by atoms with van der Waals surface area (Å²) in [4.78, 5) is 8.48. The van der Waals surface area contributed by atoms with Crippen LogP contribution in [-0.4, -0.2) is 29.5 Å². The van der Waals surface area contributed by atoms with E-state index in [-0.39, 0.29) is 0 Å². The maximum Gasteiger partial charge on any atom is 0.0900 e. The van der Waals surface area contributed by atoms with Crippen LogP contribution >= 0.6 is 11.3 Å². The van der Waals surface area contributed by atoms with Crippen LogP contribution < -0.4 is 5.73 Å². The number of nitrogens with two attached hydrogens (primary N) is 1. The van der Waals surface area contributed by atoms with Crippen LogP contribution in [0.25, 0.3) is 0 Å². The van der Waals surface area contributed by atoms with E-state index in [1.54, 1.807) is 0 Å². The van der Waals surface area contributed by atoms with Crippen molar-refractivity contribution in [3.8, 4) is 0 Å². The van der Waals surface area contributed by atoms with Gasteiger partial charge in [0.25, 0.3) is 0 Å².